The molecule has 0 bridgehead atoms. The number of nitrogens with one attached hydrogen (secondary N) is 1. The number of anilines is 1. The van der Waals surface area contributed by atoms with E-state index in [1.807, 2.05) is 13.1 Å². The minimum absolute atomic E-state index is 0.0340. The van der Waals surface area contributed by atoms with E-state index in [1.165, 1.54) is 0 Å². The first-order valence-corrected chi connectivity index (χ1v) is 7.74. The van der Waals surface area contributed by atoms with Crippen LogP contribution in [0.5, 0.6) is 0 Å². The van der Waals surface area contributed by atoms with Crippen LogP contribution >= 0.6 is 0 Å². The van der Waals surface area contributed by atoms with Gasteiger partial charge < -0.3 is 15.0 Å². The van der Waals surface area contributed by atoms with Crippen molar-refractivity contribution in [3.63, 3.8) is 0 Å². The zero-order valence-corrected chi connectivity index (χ0v) is 12.8. The standard InChI is InChI=1S/C15H24N4O2/c1-18-8-4-11(5-9-18)14-12(6-10-21-14)15(20)17-13-3-7-16-19(13)2/h3,7,11-12,14H,4-6,8-10H2,1-2H3,(H,17,20)/t12-,14+/m1/s1. The van der Waals surface area contributed by atoms with E-state index in [-0.39, 0.29) is 17.9 Å². The molecule has 2 aliphatic heterocycles. The van der Waals surface area contributed by atoms with Crippen LogP contribution in [0.15, 0.2) is 12.3 Å². The zero-order chi connectivity index (χ0) is 14.8. The molecule has 2 saturated heterocycles. The van der Waals surface area contributed by atoms with Gasteiger partial charge in [0.05, 0.1) is 18.2 Å². The predicted molar refractivity (Wildman–Crippen MR) is 79.9 cm³/mol. The number of aromatic nitrogens is 2. The average Bonchev–Trinajstić information content (AvgIpc) is 3.09. The molecule has 0 unspecified atom stereocenters. The molecule has 0 aliphatic carbocycles. The lowest BCUT2D eigenvalue weighted by molar-refractivity contribution is -0.123. The highest BCUT2D eigenvalue weighted by molar-refractivity contribution is 5.92. The highest BCUT2D eigenvalue weighted by Gasteiger charge is 2.40. The summed E-state index contributed by atoms with van der Waals surface area (Å²) < 4.78 is 7.59. The van der Waals surface area contributed by atoms with Gasteiger partial charge in [-0.3, -0.25) is 9.48 Å². The second-order valence-corrected chi connectivity index (χ2v) is 6.20. The first-order chi connectivity index (χ1) is 10.1. The summed E-state index contributed by atoms with van der Waals surface area (Å²) >= 11 is 0. The van der Waals surface area contributed by atoms with Gasteiger partial charge in [-0.25, -0.2) is 0 Å². The van der Waals surface area contributed by atoms with E-state index in [1.54, 1.807) is 10.9 Å². The predicted octanol–water partition coefficient (Wildman–Crippen LogP) is 1.11. The molecule has 2 aliphatic rings. The van der Waals surface area contributed by atoms with Crippen LogP contribution in [-0.4, -0.2) is 53.4 Å². The molecule has 116 valence electrons. The van der Waals surface area contributed by atoms with Crippen LogP contribution < -0.4 is 5.32 Å². The minimum atomic E-state index is -0.0340. The lowest BCUT2D eigenvalue weighted by Crippen LogP contribution is -2.40. The van der Waals surface area contributed by atoms with Crippen molar-refractivity contribution in [3.05, 3.63) is 12.3 Å². The van der Waals surface area contributed by atoms with E-state index in [2.05, 4.69) is 22.4 Å². The van der Waals surface area contributed by atoms with Crippen LogP contribution in [0.1, 0.15) is 19.3 Å². The summed E-state index contributed by atoms with van der Waals surface area (Å²) in [6.07, 6.45) is 4.83. The number of piperidine rings is 1. The maximum atomic E-state index is 12.5. The van der Waals surface area contributed by atoms with E-state index in [0.717, 1.165) is 38.2 Å². The van der Waals surface area contributed by atoms with Gasteiger partial charge in [0.25, 0.3) is 0 Å². The number of aryl methyl sites for hydroxylation is 1. The van der Waals surface area contributed by atoms with Crippen molar-refractivity contribution in [1.82, 2.24) is 14.7 Å². The molecular formula is C15H24N4O2. The Morgan fingerprint density at radius 3 is 2.76 bits per heavy atom. The molecule has 1 N–H and O–H groups in total. The van der Waals surface area contributed by atoms with E-state index in [9.17, 15) is 4.79 Å². The van der Waals surface area contributed by atoms with Crippen molar-refractivity contribution >= 4 is 11.7 Å². The van der Waals surface area contributed by atoms with Crippen molar-refractivity contribution in [2.75, 3.05) is 32.1 Å². The highest BCUT2D eigenvalue weighted by Crippen LogP contribution is 2.33. The summed E-state index contributed by atoms with van der Waals surface area (Å²) in [7, 11) is 3.98. The Bertz CT molecular complexity index is 494. The van der Waals surface area contributed by atoms with Gasteiger partial charge in [0.1, 0.15) is 5.82 Å². The van der Waals surface area contributed by atoms with E-state index >= 15 is 0 Å². The van der Waals surface area contributed by atoms with Crippen LogP contribution in [0, 0.1) is 11.8 Å². The van der Waals surface area contributed by atoms with Gasteiger partial charge in [-0.15, -0.1) is 0 Å². The SMILES string of the molecule is CN1CCC([C@@H]2OCC[C@H]2C(=O)Nc2ccnn2C)CC1. The molecule has 0 saturated carbocycles. The van der Waals surface area contributed by atoms with Gasteiger partial charge in [0.15, 0.2) is 0 Å². The molecule has 1 aromatic rings. The fourth-order valence-electron chi connectivity index (χ4n) is 3.43. The van der Waals surface area contributed by atoms with E-state index < -0.39 is 0 Å². The number of carbonyl (C=O) groups is 1. The number of amides is 1. The molecule has 6 nitrogen and oxygen atoms in total. The fraction of sp³-hybridized carbons (Fsp3) is 0.733. The Kier molecular flexibility index (Phi) is 4.26. The molecule has 1 aromatic heterocycles. The van der Waals surface area contributed by atoms with Gasteiger partial charge in [0, 0.05) is 19.7 Å². The largest absolute Gasteiger partial charge is 0.377 e. The first-order valence-electron chi connectivity index (χ1n) is 7.74. The second kappa shape index (κ2) is 6.15. The average molecular weight is 292 g/mol. The van der Waals surface area contributed by atoms with Gasteiger partial charge in [0.2, 0.25) is 5.91 Å². The molecule has 1 amide bonds. The molecule has 0 radical (unpaired) electrons. The third kappa shape index (κ3) is 3.11. The molecule has 21 heavy (non-hydrogen) atoms. The van der Waals surface area contributed by atoms with E-state index in [4.69, 9.17) is 4.74 Å². The number of rotatable bonds is 3. The number of ether oxygens (including phenoxy) is 1. The van der Waals surface area contributed by atoms with Gasteiger partial charge in [-0.05, 0) is 45.3 Å². The number of likely N-dealkylation sites (tertiary alicyclic amines) is 1. The third-order valence-electron chi connectivity index (χ3n) is 4.77. The Balaban J connectivity index is 1.63. The quantitative estimate of drug-likeness (QED) is 0.906. The zero-order valence-electron chi connectivity index (χ0n) is 12.8. The topological polar surface area (TPSA) is 59.4 Å². The lowest BCUT2D eigenvalue weighted by atomic mass is 9.84. The van der Waals surface area contributed by atoms with Crippen LogP contribution in [0.2, 0.25) is 0 Å². The Hall–Kier alpha value is -1.40. The van der Waals surface area contributed by atoms with Gasteiger partial charge >= 0.3 is 0 Å². The van der Waals surface area contributed by atoms with Crippen molar-refractivity contribution in [3.8, 4) is 0 Å². The van der Waals surface area contributed by atoms with E-state index in [0.29, 0.717) is 12.5 Å². The number of hydrogen-bond acceptors (Lipinski definition) is 4. The minimum Gasteiger partial charge on any atom is -0.377 e. The third-order valence-corrected chi connectivity index (χ3v) is 4.77. The monoisotopic (exact) mass is 292 g/mol. The Morgan fingerprint density at radius 1 is 1.33 bits per heavy atom. The summed E-state index contributed by atoms with van der Waals surface area (Å²) in [5.41, 5.74) is 0. The van der Waals surface area contributed by atoms with Crippen molar-refractivity contribution < 1.29 is 9.53 Å². The fourth-order valence-corrected chi connectivity index (χ4v) is 3.43. The van der Waals surface area contributed by atoms with Gasteiger partial charge in [-0.1, -0.05) is 0 Å². The normalized spacial score (nSPS) is 27.9. The molecule has 3 rings (SSSR count). The second-order valence-electron chi connectivity index (χ2n) is 6.20. The number of hydrogen-bond donors (Lipinski definition) is 1. The van der Waals surface area contributed by atoms with Crippen molar-refractivity contribution in [2.45, 2.75) is 25.4 Å². The molecule has 3 heterocycles. The lowest BCUT2D eigenvalue weighted by Gasteiger charge is -2.34. The smallest absolute Gasteiger partial charge is 0.231 e. The summed E-state index contributed by atoms with van der Waals surface area (Å²) in [6.45, 7) is 2.89. The van der Waals surface area contributed by atoms with Crippen LogP contribution in [0.3, 0.4) is 0 Å². The van der Waals surface area contributed by atoms with Crippen molar-refractivity contribution in [1.29, 1.82) is 0 Å². The molecule has 0 spiro atoms. The summed E-state index contributed by atoms with van der Waals surface area (Å²) in [5.74, 6) is 1.29. The van der Waals surface area contributed by atoms with Crippen LogP contribution in [-0.2, 0) is 16.6 Å². The Labute approximate surface area is 125 Å². The van der Waals surface area contributed by atoms with Crippen LogP contribution in [0.25, 0.3) is 0 Å². The van der Waals surface area contributed by atoms with Crippen molar-refractivity contribution in [2.24, 2.45) is 18.9 Å². The molecule has 6 heteroatoms. The number of nitrogens with zero attached hydrogens (tertiary/aromatic N) is 3. The maximum Gasteiger partial charge on any atom is 0.231 e. The van der Waals surface area contributed by atoms with Gasteiger partial charge in [-0.2, -0.15) is 5.10 Å². The highest BCUT2D eigenvalue weighted by atomic mass is 16.5. The molecular weight excluding hydrogens is 268 g/mol. The van der Waals surface area contributed by atoms with Crippen LogP contribution in [0.4, 0.5) is 5.82 Å². The molecule has 2 atom stereocenters. The summed E-state index contributed by atoms with van der Waals surface area (Å²) in [4.78, 5) is 14.9. The molecule has 2 fully saturated rings. The maximum absolute atomic E-state index is 12.5. The number of carbonyl (C=O) groups excluding carboxylic acids is 1. The summed E-state index contributed by atoms with van der Waals surface area (Å²) in [5, 5.41) is 7.06. The Morgan fingerprint density at radius 2 is 2.10 bits per heavy atom. The first kappa shape index (κ1) is 14.5. The molecule has 0 aromatic carbocycles. The summed E-state index contributed by atoms with van der Waals surface area (Å²) in [6, 6.07) is 1.82.